The van der Waals surface area contributed by atoms with Gasteiger partial charge in [-0.1, -0.05) is 6.92 Å². The van der Waals surface area contributed by atoms with E-state index < -0.39 is 10.0 Å². The molecule has 1 atom stereocenters. The normalized spacial score (nSPS) is 13.5. The molecule has 3 N–H and O–H groups in total. The van der Waals surface area contributed by atoms with Crippen molar-refractivity contribution in [1.82, 2.24) is 14.7 Å². The maximum absolute atomic E-state index is 11.9. The molecule has 0 aliphatic carbocycles. The fourth-order valence-corrected chi connectivity index (χ4v) is 3.04. The summed E-state index contributed by atoms with van der Waals surface area (Å²) in [7, 11) is -3.55. The van der Waals surface area contributed by atoms with Gasteiger partial charge in [-0.15, -0.1) is 0 Å². The molecule has 0 spiro atoms. The minimum atomic E-state index is -3.55. The summed E-state index contributed by atoms with van der Waals surface area (Å²) in [6, 6.07) is -0.137. The van der Waals surface area contributed by atoms with Gasteiger partial charge in [0.25, 0.3) is 0 Å². The van der Waals surface area contributed by atoms with Gasteiger partial charge in [0.2, 0.25) is 16.0 Å². The van der Waals surface area contributed by atoms with Crippen molar-refractivity contribution >= 4 is 27.7 Å². The summed E-state index contributed by atoms with van der Waals surface area (Å²) in [4.78, 5) is 7.34. The van der Waals surface area contributed by atoms with Crippen molar-refractivity contribution in [1.29, 1.82) is 0 Å². The molecule has 17 heavy (non-hydrogen) atoms. The van der Waals surface area contributed by atoms with Gasteiger partial charge >= 0.3 is 0 Å². The molecule has 0 saturated heterocycles. The third kappa shape index (κ3) is 4.49. The van der Waals surface area contributed by atoms with E-state index in [1.54, 1.807) is 11.8 Å². The summed E-state index contributed by atoms with van der Waals surface area (Å²) >= 11 is 1.68. The number of hydrogen-bond donors (Lipinski definition) is 2. The quantitative estimate of drug-likeness (QED) is 0.784. The molecule has 1 heterocycles. The van der Waals surface area contributed by atoms with Crippen molar-refractivity contribution < 1.29 is 8.42 Å². The Kier molecular flexibility index (Phi) is 5.16. The van der Waals surface area contributed by atoms with Gasteiger partial charge in [0.05, 0.1) is 12.4 Å². The lowest BCUT2D eigenvalue weighted by Crippen LogP contribution is -2.34. The molecular weight excluding hydrogens is 260 g/mol. The Labute approximate surface area is 105 Å². The SMILES string of the molecule is CCSCC(C)NS(=O)(=O)c1cnc(N)nc1. The van der Waals surface area contributed by atoms with E-state index in [2.05, 4.69) is 14.7 Å². The van der Waals surface area contributed by atoms with E-state index in [9.17, 15) is 8.42 Å². The van der Waals surface area contributed by atoms with Crippen LogP contribution in [0.25, 0.3) is 0 Å². The molecule has 96 valence electrons. The fraction of sp³-hybridized carbons (Fsp3) is 0.556. The van der Waals surface area contributed by atoms with Crippen molar-refractivity contribution in [2.24, 2.45) is 0 Å². The third-order valence-electron chi connectivity index (χ3n) is 1.89. The maximum atomic E-state index is 11.9. The molecule has 0 aromatic carbocycles. The lowest BCUT2D eigenvalue weighted by molar-refractivity contribution is 0.570. The zero-order valence-corrected chi connectivity index (χ0v) is 11.4. The van der Waals surface area contributed by atoms with Gasteiger partial charge in [0, 0.05) is 11.8 Å². The Bertz CT molecular complexity index is 447. The van der Waals surface area contributed by atoms with E-state index in [4.69, 9.17) is 5.73 Å². The topological polar surface area (TPSA) is 98.0 Å². The van der Waals surface area contributed by atoms with Gasteiger partial charge in [0.1, 0.15) is 4.90 Å². The van der Waals surface area contributed by atoms with E-state index in [0.29, 0.717) is 0 Å². The Morgan fingerprint density at radius 3 is 2.59 bits per heavy atom. The number of sulfonamides is 1. The summed E-state index contributed by atoms with van der Waals surface area (Å²) in [6.45, 7) is 3.85. The first kappa shape index (κ1) is 14.2. The molecule has 8 heteroatoms. The van der Waals surface area contributed by atoms with Crippen molar-refractivity contribution in [2.75, 3.05) is 17.2 Å². The molecular formula is C9H16N4O2S2. The van der Waals surface area contributed by atoms with Crippen LogP contribution in [0.4, 0.5) is 5.95 Å². The fourth-order valence-electron chi connectivity index (χ4n) is 1.13. The van der Waals surface area contributed by atoms with Gasteiger partial charge in [0.15, 0.2) is 0 Å². The van der Waals surface area contributed by atoms with Crippen molar-refractivity contribution in [3.8, 4) is 0 Å². The molecule has 1 rings (SSSR count). The summed E-state index contributed by atoms with van der Waals surface area (Å²) < 4.78 is 26.3. The average molecular weight is 276 g/mol. The number of nitrogens with one attached hydrogen (secondary N) is 1. The Morgan fingerprint density at radius 1 is 1.47 bits per heavy atom. The lowest BCUT2D eigenvalue weighted by Gasteiger charge is -2.13. The van der Waals surface area contributed by atoms with Crippen molar-refractivity contribution in [3.05, 3.63) is 12.4 Å². The molecule has 0 amide bonds. The Hall–Kier alpha value is -0.860. The van der Waals surface area contributed by atoms with Crippen LogP contribution in [0, 0.1) is 0 Å². The van der Waals surface area contributed by atoms with E-state index in [1.165, 1.54) is 12.4 Å². The molecule has 1 unspecified atom stereocenters. The van der Waals surface area contributed by atoms with E-state index in [1.807, 2.05) is 13.8 Å². The highest BCUT2D eigenvalue weighted by molar-refractivity contribution is 7.99. The molecule has 0 aliphatic rings. The zero-order chi connectivity index (χ0) is 12.9. The number of nitrogens with two attached hydrogens (primary N) is 1. The molecule has 1 aromatic rings. The first-order chi connectivity index (χ1) is 7.95. The Morgan fingerprint density at radius 2 is 2.06 bits per heavy atom. The average Bonchev–Trinajstić information content (AvgIpc) is 2.26. The van der Waals surface area contributed by atoms with Gasteiger partial charge in [-0.05, 0) is 12.7 Å². The van der Waals surface area contributed by atoms with Gasteiger partial charge in [-0.3, -0.25) is 0 Å². The molecule has 1 aromatic heterocycles. The second kappa shape index (κ2) is 6.18. The number of hydrogen-bond acceptors (Lipinski definition) is 6. The second-order valence-corrected chi connectivity index (χ2v) is 6.49. The minimum absolute atomic E-state index is 0.0278. The molecule has 0 bridgehead atoms. The summed E-state index contributed by atoms with van der Waals surface area (Å²) in [6.07, 6.45) is 2.40. The van der Waals surface area contributed by atoms with Crippen molar-refractivity contribution in [2.45, 2.75) is 24.8 Å². The number of nitrogen functional groups attached to an aromatic ring is 1. The third-order valence-corrected chi connectivity index (χ3v) is 4.57. The van der Waals surface area contributed by atoms with Crippen LogP contribution in [0.15, 0.2) is 17.3 Å². The lowest BCUT2D eigenvalue weighted by atomic mass is 10.4. The van der Waals surface area contributed by atoms with E-state index >= 15 is 0 Å². The summed E-state index contributed by atoms with van der Waals surface area (Å²) in [5.41, 5.74) is 5.30. The molecule has 6 nitrogen and oxygen atoms in total. The van der Waals surface area contributed by atoms with Crippen LogP contribution in [-0.4, -0.2) is 35.9 Å². The zero-order valence-electron chi connectivity index (χ0n) is 9.75. The predicted octanol–water partition coefficient (Wildman–Crippen LogP) is 0.479. The van der Waals surface area contributed by atoms with Crippen LogP contribution in [0.2, 0.25) is 0 Å². The smallest absolute Gasteiger partial charge is 0.243 e. The van der Waals surface area contributed by atoms with Crippen LogP contribution in [0.1, 0.15) is 13.8 Å². The van der Waals surface area contributed by atoms with Crippen LogP contribution in [-0.2, 0) is 10.0 Å². The van der Waals surface area contributed by atoms with Crippen LogP contribution < -0.4 is 10.5 Å². The summed E-state index contributed by atoms with van der Waals surface area (Å²) in [5, 5.41) is 0. The van der Waals surface area contributed by atoms with Gasteiger partial charge in [-0.25, -0.2) is 23.1 Å². The second-order valence-electron chi connectivity index (χ2n) is 3.46. The number of aromatic nitrogens is 2. The molecule has 0 fully saturated rings. The molecule has 0 aliphatic heterocycles. The van der Waals surface area contributed by atoms with E-state index in [-0.39, 0.29) is 16.9 Å². The first-order valence-corrected chi connectivity index (χ1v) is 7.77. The molecule has 0 radical (unpaired) electrons. The number of thioether (sulfide) groups is 1. The van der Waals surface area contributed by atoms with Crippen LogP contribution in [0.5, 0.6) is 0 Å². The monoisotopic (exact) mass is 276 g/mol. The van der Waals surface area contributed by atoms with Crippen LogP contribution >= 0.6 is 11.8 Å². The maximum Gasteiger partial charge on any atom is 0.243 e. The highest BCUT2D eigenvalue weighted by atomic mass is 32.2. The minimum Gasteiger partial charge on any atom is -0.368 e. The first-order valence-electron chi connectivity index (χ1n) is 5.13. The molecule has 0 saturated carbocycles. The van der Waals surface area contributed by atoms with Gasteiger partial charge < -0.3 is 5.73 Å². The largest absolute Gasteiger partial charge is 0.368 e. The van der Waals surface area contributed by atoms with E-state index in [0.717, 1.165) is 11.5 Å². The Balaban J connectivity index is 2.71. The number of anilines is 1. The highest BCUT2D eigenvalue weighted by Gasteiger charge is 2.17. The number of rotatable bonds is 6. The van der Waals surface area contributed by atoms with Crippen LogP contribution in [0.3, 0.4) is 0 Å². The number of nitrogens with zero attached hydrogens (tertiary/aromatic N) is 2. The summed E-state index contributed by atoms with van der Waals surface area (Å²) in [5.74, 6) is 1.74. The van der Waals surface area contributed by atoms with Crippen molar-refractivity contribution in [3.63, 3.8) is 0 Å². The highest BCUT2D eigenvalue weighted by Crippen LogP contribution is 2.09. The van der Waals surface area contributed by atoms with Gasteiger partial charge in [-0.2, -0.15) is 11.8 Å². The predicted molar refractivity (Wildman–Crippen MR) is 69.2 cm³/mol. The standard InChI is InChI=1S/C9H16N4O2S2/c1-3-16-6-7(2)13-17(14,15)8-4-11-9(10)12-5-8/h4-5,7,13H,3,6H2,1-2H3,(H2,10,11,12).